The van der Waals surface area contributed by atoms with E-state index in [1.807, 2.05) is 0 Å². The highest BCUT2D eigenvalue weighted by Crippen LogP contribution is 2.05. The first kappa shape index (κ1) is 14.8. The van der Waals surface area contributed by atoms with Gasteiger partial charge in [0.2, 0.25) is 0 Å². The molecule has 0 aromatic carbocycles. The first-order valence-corrected chi connectivity index (χ1v) is 5.22. The summed E-state index contributed by atoms with van der Waals surface area (Å²) in [7, 11) is 0. The van der Waals surface area contributed by atoms with Gasteiger partial charge in [0.1, 0.15) is 0 Å². The first-order valence-electron chi connectivity index (χ1n) is 5.22. The van der Waals surface area contributed by atoms with Gasteiger partial charge >= 0.3 is 0 Å². The number of unbranched alkanes of at least 4 members (excludes halogenated alkanes) is 6. The summed E-state index contributed by atoms with van der Waals surface area (Å²) in [5.41, 5.74) is 0. The molecule has 0 radical (unpaired) electrons. The van der Waals surface area contributed by atoms with Crippen molar-refractivity contribution in [2.75, 3.05) is 0 Å². The van der Waals surface area contributed by atoms with Crippen LogP contribution in [-0.2, 0) is 9.59 Å². The molecule has 0 aliphatic heterocycles. The molecule has 0 N–H and O–H groups in total. The molecule has 0 bridgehead atoms. The van der Waals surface area contributed by atoms with Crippen molar-refractivity contribution in [1.29, 1.82) is 0 Å². The number of carbonyl (C=O) groups excluding carboxylic acids is 2. The molecule has 0 saturated heterocycles. The Labute approximate surface area is 81.7 Å². The molecular weight excluding hydrogens is 164 g/mol. The second-order valence-corrected chi connectivity index (χ2v) is 3.04. The molecule has 0 aromatic heterocycles. The molecule has 0 saturated carbocycles. The molecule has 2 nitrogen and oxygen atoms in total. The summed E-state index contributed by atoms with van der Waals surface area (Å²) < 4.78 is 0. The summed E-state index contributed by atoms with van der Waals surface area (Å²) in [6.07, 6.45) is 10.4. The predicted molar refractivity (Wildman–Crippen MR) is 55.8 cm³/mol. The lowest BCUT2D eigenvalue weighted by atomic mass is 10.1. The lowest BCUT2D eigenvalue weighted by Gasteiger charge is -1.96. The van der Waals surface area contributed by atoms with Gasteiger partial charge < -0.3 is 0 Å². The molecule has 0 spiro atoms. The average molecular weight is 186 g/mol. The Balaban J connectivity index is 0. The Morgan fingerprint density at radius 1 is 0.692 bits per heavy atom. The monoisotopic (exact) mass is 186 g/mol. The summed E-state index contributed by atoms with van der Waals surface area (Å²) >= 11 is 0. The van der Waals surface area contributed by atoms with E-state index < -0.39 is 0 Å². The van der Waals surface area contributed by atoms with Crippen molar-refractivity contribution in [2.45, 2.75) is 58.8 Å². The summed E-state index contributed by atoms with van der Waals surface area (Å²) in [6, 6.07) is 0. The highest BCUT2D eigenvalue weighted by molar-refractivity contribution is 6.09. The topological polar surface area (TPSA) is 34.1 Å². The largest absolute Gasteiger partial charge is 0.295 e. The van der Waals surface area contributed by atoms with E-state index in [4.69, 9.17) is 9.59 Å². The van der Waals surface area contributed by atoms with Crippen LogP contribution in [0.2, 0.25) is 0 Å². The van der Waals surface area contributed by atoms with E-state index in [0.29, 0.717) is 0 Å². The molecule has 13 heavy (non-hydrogen) atoms. The molecule has 2 heteroatoms. The van der Waals surface area contributed by atoms with E-state index in [-0.39, 0.29) is 12.6 Å². The van der Waals surface area contributed by atoms with Crippen LogP contribution in [0.25, 0.3) is 0 Å². The number of carbonyl (C=O) groups is 2. The molecule has 0 aliphatic carbocycles. The van der Waals surface area contributed by atoms with Crippen LogP contribution < -0.4 is 0 Å². The molecule has 0 heterocycles. The fraction of sp³-hybridized carbons (Fsp3) is 0.818. The summed E-state index contributed by atoms with van der Waals surface area (Å²) in [6.45, 7) is 4.53. The summed E-state index contributed by atoms with van der Waals surface area (Å²) in [4.78, 5) is 17.6. The molecule has 0 fully saturated rings. The Kier molecular flexibility index (Phi) is 19.9. The van der Waals surface area contributed by atoms with Crippen molar-refractivity contribution in [3.8, 4) is 0 Å². The Hall–Kier alpha value is -0.660. The van der Waals surface area contributed by atoms with E-state index in [1.165, 1.54) is 44.9 Å². The van der Waals surface area contributed by atoms with E-state index >= 15 is 0 Å². The molecule has 0 atom stereocenters. The van der Waals surface area contributed by atoms with Crippen molar-refractivity contribution >= 4 is 12.6 Å². The minimum atomic E-state index is 0.194. The number of hydrogen-bond acceptors (Lipinski definition) is 2. The fourth-order valence-electron chi connectivity index (χ4n) is 1.03. The summed E-state index contributed by atoms with van der Waals surface area (Å²) in [5.74, 6) is 0. The van der Waals surface area contributed by atoms with Gasteiger partial charge in [-0.2, -0.15) is 0 Å². The standard InChI is InChI=1S/C9H20.C2H2O2/c1-3-5-7-9-8-6-4-2;3-1-2-4/h3-9H2,1-2H3;1-2H. The van der Waals surface area contributed by atoms with Crippen LogP contribution in [0.1, 0.15) is 58.8 Å². The molecule has 0 rings (SSSR count). The van der Waals surface area contributed by atoms with Crippen molar-refractivity contribution in [3.63, 3.8) is 0 Å². The molecule has 0 aliphatic rings. The molecule has 0 unspecified atom stereocenters. The second kappa shape index (κ2) is 17.4. The van der Waals surface area contributed by atoms with Gasteiger partial charge in [0, 0.05) is 0 Å². The van der Waals surface area contributed by atoms with E-state index in [2.05, 4.69) is 13.8 Å². The van der Waals surface area contributed by atoms with E-state index in [0.717, 1.165) is 0 Å². The predicted octanol–water partition coefficient (Wildman–Crippen LogP) is 3.14. The highest BCUT2D eigenvalue weighted by Gasteiger charge is 1.85. The van der Waals surface area contributed by atoms with E-state index in [1.54, 1.807) is 0 Å². The van der Waals surface area contributed by atoms with Crippen molar-refractivity contribution in [2.24, 2.45) is 0 Å². The van der Waals surface area contributed by atoms with Crippen LogP contribution in [0.4, 0.5) is 0 Å². The van der Waals surface area contributed by atoms with Gasteiger partial charge in [0.05, 0.1) is 0 Å². The van der Waals surface area contributed by atoms with Crippen LogP contribution in [0.5, 0.6) is 0 Å². The van der Waals surface area contributed by atoms with Gasteiger partial charge in [0.15, 0.2) is 12.6 Å². The third-order valence-corrected chi connectivity index (χ3v) is 1.76. The SMILES string of the molecule is CCCCCCCCC.O=CC=O. The van der Waals surface area contributed by atoms with Crippen LogP contribution in [0.3, 0.4) is 0 Å². The van der Waals surface area contributed by atoms with Gasteiger partial charge in [-0.25, -0.2) is 0 Å². The normalized spacial score (nSPS) is 8.46. The zero-order valence-electron chi connectivity index (χ0n) is 8.92. The van der Waals surface area contributed by atoms with Crippen LogP contribution in [0.15, 0.2) is 0 Å². The zero-order chi connectivity index (χ0) is 10.4. The maximum atomic E-state index is 8.81. The minimum absolute atomic E-state index is 0.194. The second-order valence-electron chi connectivity index (χ2n) is 3.04. The first-order chi connectivity index (χ1) is 6.33. The lowest BCUT2D eigenvalue weighted by Crippen LogP contribution is -1.76. The van der Waals surface area contributed by atoms with Gasteiger partial charge in [-0.3, -0.25) is 9.59 Å². The van der Waals surface area contributed by atoms with Crippen LogP contribution >= 0.6 is 0 Å². The average Bonchev–Trinajstić information content (AvgIpc) is 2.18. The molecule has 0 amide bonds. The smallest absolute Gasteiger partial charge is 0.182 e. The minimum Gasteiger partial charge on any atom is -0.295 e. The van der Waals surface area contributed by atoms with Crippen molar-refractivity contribution in [1.82, 2.24) is 0 Å². The van der Waals surface area contributed by atoms with Crippen molar-refractivity contribution in [3.05, 3.63) is 0 Å². The number of hydrogen-bond donors (Lipinski definition) is 0. The highest BCUT2D eigenvalue weighted by atomic mass is 16.2. The van der Waals surface area contributed by atoms with Gasteiger partial charge in [-0.15, -0.1) is 0 Å². The Bertz CT molecular complexity index is 88.3. The quantitative estimate of drug-likeness (QED) is 0.348. The van der Waals surface area contributed by atoms with Gasteiger partial charge in [-0.05, 0) is 0 Å². The van der Waals surface area contributed by atoms with E-state index in [9.17, 15) is 0 Å². The number of aldehydes is 2. The fourth-order valence-corrected chi connectivity index (χ4v) is 1.03. The summed E-state index contributed by atoms with van der Waals surface area (Å²) in [5, 5.41) is 0. The molecular formula is C11H22O2. The Morgan fingerprint density at radius 3 is 1.23 bits per heavy atom. The number of rotatable bonds is 7. The van der Waals surface area contributed by atoms with Crippen LogP contribution in [-0.4, -0.2) is 12.6 Å². The maximum Gasteiger partial charge on any atom is 0.182 e. The van der Waals surface area contributed by atoms with Gasteiger partial charge in [0.25, 0.3) is 0 Å². The third kappa shape index (κ3) is 24.6. The molecule has 0 aromatic rings. The maximum absolute atomic E-state index is 8.81. The third-order valence-electron chi connectivity index (χ3n) is 1.76. The van der Waals surface area contributed by atoms with Crippen LogP contribution in [0, 0.1) is 0 Å². The van der Waals surface area contributed by atoms with Gasteiger partial charge in [-0.1, -0.05) is 58.8 Å². The molecule has 78 valence electrons. The lowest BCUT2D eigenvalue weighted by molar-refractivity contribution is -0.122. The van der Waals surface area contributed by atoms with Crippen molar-refractivity contribution < 1.29 is 9.59 Å². The zero-order valence-corrected chi connectivity index (χ0v) is 8.92. The Morgan fingerprint density at radius 2 is 1.00 bits per heavy atom.